The molecule has 1 saturated heterocycles. The fourth-order valence-corrected chi connectivity index (χ4v) is 4.74. The molecule has 0 aromatic carbocycles. The number of rotatable bonds is 3. The maximum Gasteiger partial charge on any atom is 0.154 e. The van der Waals surface area contributed by atoms with Gasteiger partial charge in [0.15, 0.2) is 9.84 Å². The number of nitrogens with one attached hydrogen (secondary N) is 1. The molecule has 104 valence electrons. The summed E-state index contributed by atoms with van der Waals surface area (Å²) < 4.78 is 23.6. The van der Waals surface area contributed by atoms with Gasteiger partial charge in [0.2, 0.25) is 0 Å². The van der Waals surface area contributed by atoms with Crippen LogP contribution < -0.4 is 5.32 Å². The zero-order valence-electron chi connectivity index (χ0n) is 10.9. The molecule has 1 unspecified atom stereocenters. The summed E-state index contributed by atoms with van der Waals surface area (Å²) in [5.41, 5.74) is 2.31. The van der Waals surface area contributed by atoms with E-state index in [-0.39, 0.29) is 5.25 Å². The lowest BCUT2D eigenvalue weighted by molar-refractivity contribution is 0.591. The van der Waals surface area contributed by atoms with E-state index < -0.39 is 9.84 Å². The largest absolute Gasteiger partial charge is 0.368 e. The third-order valence-corrected chi connectivity index (χ3v) is 6.36. The number of hydrogen-bond donors (Lipinski definition) is 1. The molecule has 1 aromatic rings. The maximum absolute atomic E-state index is 11.8. The number of aryl methyl sites for hydroxylation is 1. The summed E-state index contributed by atoms with van der Waals surface area (Å²) in [4.78, 5) is 8.60. The summed E-state index contributed by atoms with van der Waals surface area (Å²) >= 11 is 0. The molecular formula is C13H19N3O2S. The van der Waals surface area contributed by atoms with E-state index in [1.54, 1.807) is 6.33 Å². The highest BCUT2D eigenvalue weighted by atomic mass is 32.2. The van der Waals surface area contributed by atoms with Gasteiger partial charge in [-0.2, -0.15) is 0 Å². The lowest BCUT2D eigenvalue weighted by Gasteiger charge is -2.19. The van der Waals surface area contributed by atoms with E-state index in [4.69, 9.17) is 0 Å². The molecule has 19 heavy (non-hydrogen) atoms. The summed E-state index contributed by atoms with van der Waals surface area (Å²) in [7, 11) is -2.88. The molecule has 0 amide bonds. The highest BCUT2D eigenvalue weighted by molar-refractivity contribution is 7.92. The number of anilines is 1. The molecule has 1 N–H and O–H groups in total. The molecule has 5 nitrogen and oxygen atoms in total. The molecule has 1 aliphatic carbocycles. The van der Waals surface area contributed by atoms with Gasteiger partial charge in [0, 0.05) is 17.8 Å². The minimum atomic E-state index is -2.88. The normalized spacial score (nSPS) is 24.9. The van der Waals surface area contributed by atoms with Crippen LogP contribution in [-0.2, 0) is 22.7 Å². The molecule has 1 fully saturated rings. The molecule has 0 bridgehead atoms. The van der Waals surface area contributed by atoms with Crippen molar-refractivity contribution in [3.8, 4) is 0 Å². The Hall–Kier alpha value is -1.17. The second kappa shape index (κ2) is 5.07. The van der Waals surface area contributed by atoms with Crippen molar-refractivity contribution in [1.82, 2.24) is 9.97 Å². The van der Waals surface area contributed by atoms with Crippen molar-refractivity contribution in [2.75, 3.05) is 17.6 Å². The van der Waals surface area contributed by atoms with Gasteiger partial charge in [-0.05, 0) is 38.5 Å². The molecular weight excluding hydrogens is 262 g/mol. The number of sulfone groups is 1. The molecule has 6 heteroatoms. The predicted octanol–water partition coefficient (Wildman–Crippen LogP) is 1.34. The number of hydrogen-bond acceptors (Lipinski definition) is 5. The third kappa shape index (κ3) is 2.59. The first-order valence-electron chi connectivity index (χ1n) is 6.95. The van der Waals surface area contributed by atoms with Crippen LogP contribution in [0.3, 0.4) is 0 Å². The summed E-state index contributed by atoms with van der Waals surface area (Å²) in [6.45, 7) is 0.478. The lowest BCUT2D eigenvalue weighted by atomic mass is 9.96. The van der Waals surface area contributed by atoms with E-state index in [0.717, 1.165) is 43.6 Å². The Labute approximate surface area is 113 Å². The minimum Gasteiger partial charge on any atom is -0.368 e. The number of nitrogens with zero attached hydrogens (tertiary/aromatic N) is 2. The molecule has 3 rings (SSSR count). The number of aromatic nitrogens is 2. The average Bonchev–Trinajstić information content (AvgIpc) is 2.75. The molecule has 0 spiro atoms. The highest BCUT2D eigenvalue weighted by Gasteiger charge is 2.31. The molecule has 2 heterocycles. The van der Waals surface area contributed by atoms with Crippen LogP contribution in [0.5, 0.6) is 0 Å². The topological polar surface area (TPSA) is 72.0 Å². The molecule has 1 aromatic heterocycles. The second-order valence-corrected chi connectivity index (χ2v) is 7.77. The van der Waals surface area contributed by atoms with Gasteiger partial charge in [0.25, 0.3) is 0 Å². The third-order valence-electron chi connectivity index (χ3n) is 4.08. The Morgan fingerprint density at radius 2 is 2.05 bits per heavy atom. The summed E-state index contributed by atoms with van der Waals surface area (Å²) in [6, 6.07) is 0. The zero-order valence-corrected chi connectivity index (χ0v) is 11.7. The SMILES string of the molecule is O=S1(=O)CCCC1CNc1ncnc2c1CCCC2. The fourth-order valence-electron chi connectivity index (χ4n) is 2.97. The predicted molar refractivity (Wildman–Crippen MR) is 74.0 cm³/mol. The smallest absolute Gasteiger partial charge is 0.154 e. The molecule has 0 saturated carbocycles. The van der Waals surface area contributed by atoms with Gasteiger partial charge in [-0.25, -0.2) is 18.4 Å². The van der Waals surface area contributed by atoms with Gasteiger partial charge >= 0.3 is 0 Å². The molecule has 1 atom stereocenters. The summed E-state index contributed by atoms with van der Waals surface area (Å²) in [5, 5.41) is 2.99. The average molecular weight is 281 g/mol. The first-order chi connectivity index (χ1) is 9.17. The van der Waals surface area contributed by atoms with E-state index in [9.17, 15) is 8.42 Å². The van der Waals surface area contributed by atoms with E-state index >= 15 is 0 Å². The van der Waals surface area contributed by atoms with Crippen LogP contribution in [-0.4, -0.2) is 35.9 Å². The van der Waals surface area contributed by atoms with Crippen LogP contribution in [0.1, 0.15) is 36.9 Å². The Kier molecular flexibility index (Phi) is 3.43. The summed E-state index contributed by atoms with van der Waals surface area (Å²) in [6.07, 6.45) is 7.48. The first-order valence-corrected chi connectivity index (χ1v) is 8.66. The first kappa shape index (κ1) is 12.8. The van der Waals surface area contributed by atoms with Crippen LogP contribution in [0, 0.1) is 0 Å². The van der Waals surface area contributed by atoms with E-state index in [1.807, 2.05) is 0 Å². The van der Waals surface area contributed by atoms with Crippen molar-refractivity contribution in [1.29, 1.82) is 0 Å². The lowest BCUT2D eigenvalue weighted by Crippen LogP contribution is -2.26. The van der Waals surface area contributed by atoms with Gasteiger partial charge in [-0.15, -0.1) is 0 Å². The van der Waals surface area contributed by atoms with E-state index in [1.165, 1.54) is 12.0 Å². The van der Waals surface area contributed by atoms with Crippen LogP contribution in [0.15, 0.2) is 6.33 Å². The minimum absolute atomic E-state index is 0.248. The molecule has 0 radical (unpaired) electrons. The quantitative estimate of drug-likeness (QED) is 0.905. The monoisotopic (exact) mass is 281 g/mol. The Morgan fingerprint density at radius 1 is 1.21 bits per heavy atom. The van der Waals surface area contributed by atoms with Crippen LogP contribution in [0.2, 0.25) is 0 Å². The van der Waals surface area contributed by atoms with Gasteiger partial charge in [0.1, 0.15) is 12.1 Å². The standard InChI is InChI=1S/C13H19N3O2S/c17-19(18)7-3-4-10(19)8-14-13-11-5-1-2-6-12(11)15-9-16-13/h9-10H,1-8H2,(H,14,15,16). The number of fused-ring (bicyclic) bond motifs is 1. The Morgan fingerprint density at radius 3 is 2.84 bits per heavy atom. The van der Waals surface area contributed by atoms with E-state index in [2.05, 4.69) is 15.3 Å². The van der Waals surface area contributed by atoms with Crippen molar-refractivity contribution in [2.24, 2.45) is 0 Å². The maximum atomic E-state index is 11.8. The fraction of sp³-hybridized carbons (Fsp3) is 0.692. The van der Waals surface area contributed by atoms with Gasteiger partial charge in [-0.1, -0.05) is 0 Å². The van der Waals surface area contributed by atoms with Crippen LogP contribution in [0.25, 0.3) is 0 Å². The van der Waals surface area contributed by atoms with Crippen molar-refractivity contribution >= 4 is 15.7 Å². The van der Waals surface area contributed by atoms with Gasteiger partial charge in [-0.3, -0.25) is 0 Å². The van der Waals surface area contributed by atoms with Crippen LogP contribution in [0.4, 0.5) is 5.82 Å². The molecule has 1 aliphatic heterocycles. The van der Waals surface area contributed by atoms with Crippen LogP contribution >= 0.6 is 0 Å². The summed E-state index contributed by atoms with van der Waals surface area (Å²) in [5.74, 6) is 1.17. The van der Waals surface area contributed by atoms with Crippen molar-refractivity contribution in [2.45, 2.75) is 43.8 Å². The van der Waals surface area contributed by atoms with Gasteiger partial charge < -0.3 is 5.32 Å². The van der Waals surface area contributed by atoms with Gasteiger partial charge in [0.05, 0.1) is 11.0 Å². The Balaban J connectivity index is 1.74. The zero-order chi connectivity index (χ0) is 13.3. The van der Waals surface area contributed by atoms with Crippen molar-refractivity contribution in [3.05, 3.63) is 17.6 Å². The Bertz CT molecular complexity index is 571. The molecule has 2 aliphatic rings. The second-order valence-electron chi connectivity index (χ2n) is 5.37. The van der Waals surface area contributed by atoms with E-state index in [0.29, 0.717) is 12.3 Å². The van der Waals surface area contributed by atoms with Crippen molar-refractivity contribution < 1.29 is 8.42 Å². The highest BCUT2D eigenvalue weighted by Crippen LogP contribution is 2.25. The van der Waals surface area contributed by atoms with Crippen molar-refractivity contribution in [3.63, 3.8) is 0 Å².